The van der Waals surface area contributed by atoms with E-state index in [1.807, 2.05) is 0 Å². The van der Waals surface area contributed by atoms with E-state index < -0.39 is 234 Å². The van der Waals surface area contributed by atoms with E-state index in [1.54, 1.807) is 6.07 Å². The second-order valence-corrected chi connectivity index (χ2v) is 23.4. The molecule has 33 heteroatoms. The van der Waals surface area contributed by atoms with Gasteiger partial charge in [-0.15, -0.1) is 0 Å². The third kappa shape index (κ3) is 13.4. The maximum atomic E-state index is 14.9. The number of benzene rings is 10. The lowest BCUT2D eigenvalue weighted by atomic mass is 9.94. The van der Waals surface area contributed by atoms with Gasteiger partial charge >= 0.3 is 61.8 Å². The molecule has 104 heavy (non-hydrogen) atoms. The van der Waals surface area contributed by atoms with Crippen LogP contribution in [-0.2, 0) is 61.8 Å². The van der Waals surface area contributed by atoms with Crippen molar-refractivity contribution in [3.8, 4) is 73.1 Å². The molecule has 10 aromatic carbocycles. The summed E-state index contributed by atoms with van der Waals surface area (Å²) in [6, 6.07) is 14.4. The van der Waals surface area contributed by atoms with Crippen LogP contribution in [0.1, 0.15) is 61.2 Å². The zero-order valence-electron chi connectivity index (χ0n) is 50.4. The summed E-state index contributed by atoms with van der Waals surface area (Å²) >= 11 is 0. The van der Waals surface area contributed by atoms with Crippen molar-refractivity contribution < 1.29 is 132 Å². The van der Waals surface area contributed by atoms with Crippen LogP contribution >= 0.6 is 0 Å². The highest BCUT2D eigenvalue weighted by Gasteiger charge is 2.44. The Labute approximate surface area is 560 Å². The topological polar surface area (TPSA) is 33.6 Å². The number of halogens is 30. The summed E-state index contributed by atoms with van der Waals surface area (Å²) < 4.78 is 438. The maximum Gasteiger partial charge on any atom is 0.417 e. The third-order valence-electron chi connectivity index (χ3n) is 17.0. The fourth-order valence-electron chi connectivity index (χ4n) is 12.4. The molecule has 12 rings (SSSR count). The minimum Gasteiger partial charge on any atom is -0.308 e. The van der Waals surface area contributed by atoms with Crippen molar-refractivity contribution in [2.24, 2.45) is 0 Å². The van der Waals surface area contributed by atoms with Crippen LogP contribution in [0.5, 0.6) is 0 Å². The zero-order chi connectivity index (χ0) is 76.3. The molecule has 0 aliphatic rings. The van der Waals surface area contributed by atoms with Gasteiger partial charge in [0.2, 0.25) is 0 Å². The number of hydrogen-bond donors (Lipinski definition) is 0. The minimum absolute atomic E-state index is 0.147. The molecule has 0 aliphatic carbocycles. The average molecular weight is 1490 g/mol. The quantitative estimate of drug-likeness (QED) is 0.146. The SMILES string of the molecule is N#Cc1c(-n2c3ccc(-c4ccc(C(F)(F)F)cc4C(F)(F)F)cc3c3cc(-c4ccc(C(F)(F)F)cc4C(F)(F)F)ccc32)cc(-c2cc(C(F)(F)F)cc(C(F)(F)F)c2)cc1-n1c2ccc(-c3ccc(C(F)(F)F)cc3C(F)(F)F)cc2c2cc(-c3ccc(C(F)(F)F)cc3C(F)(F)F)ccc21. The molecule has 0 aliphatic heterocycles. The summed E-state index contributed by atoms with van der Waals surface area (Å²) in [7, 11) is 0. The Kier molecular flexibility index (Phi) is 16.9. The van der Waals surface area contributed by atoms with Gasteiger partial charge in [0.25, 0.3) is 0 Å². The van der Waals surface area contributed by atoms with Gasteiger partial charge in [-0.05, 0) is 183 Å². The first kappa shape index (κ1) is 73.0. The van der Waals surface area contributed by atoms with Crippen LogP contribution in [0, 0.1) is 11.3 Å². The lowest BCUT2D eigenvalue weighted by molar-refractivity contribution is -0.144. The van der Waals surface area contributed by atoms with Crippen LogP contribution in [0.15, 0.2) is 176 Å². The maximum absolute atomic E-state index is 14.9. The minimum atomic E-state index is -5.66. The highest BCUT2D eigenvalue weighted by atomic mass is 19.4. The Hall–Kier alpha value is -10.8. The predicted octanol–water partition coefficient (Wildman–Crippen LogP) is 26.3. The molecule has 0 saturated heterocycles. The molecule has 3 nitrogen and oxygen atoms in total. The van der Waals surface area contributed by atoms with E-state index in [-0.39, 0.29) is 66.7 Å². The summed E-state index contributed by atoms with van der Waals surface area (Å²) in [5.74, 6) is 0. The van der Waals surface area contributed by atoms with Gasteiger partial charge in [0.1, 0.15) is 11.6 Å². The Morgan fingerprint density at radius 2 is 0.433 bits per heavy atom. The van der Waals surface area contributed by atoms with Crippen LogP contribution < -0.4 is 0 Å². The van der Waals surface area contributed by atoms with Crippen LogP contribution in [0.3, 0.4) is 0 Å². The molecule has 0 amide bonds. The molecule has 0 spiro atoms. The molecule has 0 bridgehead atoms. The monoisotopic (exact) mass is 1490 g/mol. The van der Waals surface area contributed by atoms with Crippen LogP contribution in [-0.4, -0.2) is 9.13 Å². The van der Waals surface area contributed by atoms with Crippen molar-refractivity contribution in [2.45, 2.75) is 61.8 Å². The highest BCUT2D eigenvalue weighted by molar-refractivity contribution is 6.14. The molecule has 538 valence electrons. The van der Waals surface area contributed by atoms with Gasteiger partial charge in [0.05, 0.1) is 89.1 Å². The summed E-state index contributed by atoms with van der Waals surface area (Å²) in [5.41, 5.74) is -32.1. The number of nitriles is 1. The van der Waals surface area contributed by atoms with Gasteiger partial charge in [-0.2, -0.15) is 137 Å². The van der Waals surface area contributed by atoms with Crippen molar-refractivity contribution in [1.82, 2.24) is 9.13 Å². The molecule has 0 atom stereocenters. The lowest BCUT2D eigenvalue weighted by Crippen LogP contribution is -2.12. The van der Waals surface area contributed by atoms with Crippen molar-refractivity contribution in [3.63, 3.8) is 0 Å². The van der Waals surface area contributed by atoms with Crippen molar-refractivity contribution in [3.05, 3.63) is 237 Å². The first-order valence-corrected chi connectivity index (χ1v) is 29.0. The van der Waals surface area contributed by atoms with Gasteiger partial charge < -0.3 is 9.13 Å². The largest absolute Gasteiger partial charge is 0.417 e. The van der Waals surface area contributed by atoms with E-state index in [0.29, 0.717) is 24.3 Å². The fourth-order valence-corrected chi connectivity index (χ4v) is 12.4. The van der Waals surface area contributed by atoms with E-state index >= 15 is 0 Å². The van der Waals surface area contributed by atoms with E-state index in [2.05, 4.69) is 0 Å². The molecule has 2 heterocycles. The lowest BCUT2D eigenvalue weighted by Gasteiger charge is -2.20. The van der Waals surface area contributed by atoms with Crippen LogP contribution in [0.2, 0.25) is 0 Å². The number of fused-ring (bicyclic) bond motifs is 6. The van der Waals surface area contributed by atoms with E-state index in [9.17, 15) is 137 Å². The average Bonchev–Trinajstić information content (AvgIpc) is 1.63. The third-order valence-corrected chi connectivity index (χ3v) is 17.0. The molecule has 0 fully saturated rings. The molecule has 2 aromatic heterocycles. The highest BCUT2D eigenvalue weighted by Crippen LogP contribution is 2.51. The first-order chi connectivity index (χ1) is 47.8. The Morgan fingerprint density at radius 3 is 0.635 bits per heavy atom. The molecule has 12 aromatic rings. The number of aromatic nitrogens is 2. The predicted molar refractivity (Wildman–Crippen MR) is 317 cm³/mol. The Morgan fingerprint density at radius 1 is 0.212 bits per heavy atom. The molecule has 0 N–H and O–H groups in total. The van der Waals surface area contributed by atoms with E-state index in [0.717, 1.165) is 94.1 Å². The summed E-state index contributed by atoms with van der Waals surface area (Å²) in [5, 5.41) is 9.65. The van der Waals surface area contributed by atoms with Gasteiger partial charge in [-0.1, -0.05) is 48.5 Å². The van der Waals surface area contributed by atoms with Crippen molar-refractivity contribution >= 4 is 43.6 Å². The first-order valence-electron chi connectivity index (χ1n) is 29.0. The normalized spacial score (nSPS) is 13.5. The fraction of sp³-hybridized carbons (Fsp3) is 0.141. The summed E-state index contributed by atoms with van der Waals surface area (Å²) in [4.78, 5) is 0. The van der Waals surface area contributed by atoms with E-state index in [1.165, 1.54) is 0 Å². The van der Waals surface area contributed by atoms with Gasteiger partial charge in [-0.25, -0.2) is 0 Å². The number of rotatable bonds is 7. The standard InChI is InChI=1S/C71H29F30N3/c72-62(73,74)37-5-9-43(52(26-37)68(90,91)92)31-1-13-56-47(19-31)48-20-32(44-10-6-38(63(75,76)77)27-53(44)69(93,94)95)2-14-57(48)103(56)60-23-36(35-17-41(66(84,85)86)25-42(18-35)67(87,88)89)24-61(51(60)30-102)104-58-15-3-33(45-11-7-39(64(78,79)80)28-54(45)70(96,97)98)21-49(58)50-22-34(4-16-59(50)104)46-12-8-40(65(81,82)83)29-55(46)71(99,100)101/h1-29H. The second-order valence-electron chi connectivity index (χ2n) is 23.4. The molecular formula is C71H29F30N3. The van der Waals surface area contributed by atoms with Gasteiger partial charge in [0.15, 0.2) is 0 Å². The Bertz CT molecular complexity index is 4940. The van der Waals surface area contributed by atoms with Crippen molar-refractivity contribution in [1.29, 1.82) is 5.26 Å². The summed E-state index contributed by atoms with van der Waals surface area (Å²) in [6.07, 6.45) is -55.5. The van der Waals surface area contributed by atoms with Gasteiger partial charge in [0, 0.05) is 21.5 Å². The van der Waals surface area contributed by atoms with Crippen molar-refractivity contribution in [2.75, 3.05) is 0 Å². The molecule has 0 unspecified atom stereocenters. The number of alkyl halides is 30. The van der Waals surface area contributed by atoms with Crippen LogP contribution in [0.4, 0.5) is 132 Å². The smallest absolute Gasteiger partial charge is 0.308 e. The second kappa shape index (κ2) is 24.1. The molecular weight excluding hydrogens is 1460 g/mol. The van der Waals surface area contributed by atoms with E-state index in [4.69, 9.17) is 0 Å². The number of nitrogens with zero attached hydrogens (tertiary/aromatic N) is 3. The Balaban J connectivity index is 1.25. The van der Waals surface area contributed by atoms with Gasteiger partial charge in [-0.3, -0.25) is 0 Å². The molecule has 0 radical (unpaired) electrons. The summed E-state index contributed by atoms with van der Waals surface area (Å²) in [6.45, 7) is 0. The number of hydrogen-bond acceptors (Lipinski definition) is 1. The van der Waals surface area contributed by atoms with Crippen LogP contribution in [0.25, 0.3) is 111 Å². The molecule has 0 saturated carbocycles. The zero-order valence-corrected chi connectivity index (χ0v) is 50.4.